The van der Waals surface area contributed by atoms with Crippen LogP contribution in [0.2, 0.25) is 0 Å². The van der Waals surface area contributed by atoms with Gasteiger partial charge in [-0.15, -0.1) is 0 Å². The Morgan fingerprint density at radius 3 is 2.77 bits per heavy atom. The second-order valence-electron chi connectivity index (χ2n) is 1.75. The lowest BCUT2D eigenvalue weighted by atomic mass is 10.7. The highest BCUT2D eigenvalue weighted by atomic mass is 32.3. The fourth-order valence-corrected chi connectivity index (χ4v) is 0.561. The molecule has 9 heteroatoms. The lowest BCUT2D eigenvalue weighted by Crippen LogP contribution is -1.96. The Morgan fingerprint density at radius 1 is 1.46 bits per heavy atom. The number of rotatable bonds is 3. The van der Waals surface area contributed by atoms with Gasteiger partial charge in [-0.25, -0.2) is 9.27 Å². The maximum absolute atomic E-state index is 9.97. The van der Waals surface area contributed by atoms with Gasteiger partial charge in [0.15, 0.2) is 5.82 Å². The van der Waals surface area contributed by atoms with Gasteiger partial charge < -0.3 is 0 Å². The standard InChI is InChI=1S/C4H4N4O4S/c9-13(10,11)12-8-7-4-3-5-1-2-6-4/h1-3H,(H,9,10,11). The zero-order chi connectivity index (χ0) is 9.73. The van der Waals surface area contributed by atoms with Gasteiger partial charge in [-0.3, -0.25) is 9.54 Å². The first-order chi connectivity index (χ1) is 6.08. The fourth-order valence-electron chi connectivity index (χ4n) is 0.443. The molecular formula is C4H4N4O4S. The van der Waals surface area contributed by atoms with Crippen LogP contribution in [0.3, 0.4) is 0 Å². The van der Waals surface area contributed by atoms with Crippen LogP contribution in [0.15, 0.2) is 29.0 Å². The first-order valence-electron chi connectivity index (χ1n) is 2.91. The van der Waals surface area contributed by atoms with Gasteiger partial charge in [0.1, 0.15) is 0 Å². The molecule has 0 aromatic carbocycles. The third-order valence-electron chi connectivity index (χ3n) is 0.820. The summed E-state index contributed by atoms with van der Waals surface area (Å²) in [4.78, 5) is 7.23. The first kappa shape index (κ1) is 9.48. The van der Waals surface area contributed by atoms with E-state index in [4.69, 9.17) is 4.55 Å². The second kappa shape index (κ2) is 3.87. The van der Waals surface area contributed by atoms with Crippen LogP contribution in [0, 0.1) is 0 Å². The van der Waals surface area contributed by atoms with Crippen LogP contribution in [0.25, 0.3) is 0 Å². The summed E-state index contributed by atoms with van der Waals surface area (Å²) in [5.41, 5.74) is 0. The third kappa shape index (κ3) is 4.08. The van der Waals surface area contributed by atoms with E-state index >= 15 is 0 Å². The van der Waals surface area contributed by atoms with Gasteiger partial charge in [0.25, 0.3) is 0 Å². The van der Waals surface area contributed by atoms with Crippen molar-refractivity contribution in [3.05, 3.63) is 18.6 Å². The number of hydrogen-bond donors (Lipinski definition) is 1. The van der Waals surface area contributed by atoms with Crippen molar-refractivity contribution in [1.82, 2.24) is 9.97 Å². The monoisotopic (exact) mass is 204 g/mol. The normalized spacial score (nSPS) is 11.8. The van der Waals surface area contributed by atoms with Gasteiger partial charge in [-0.05, 0) is 0 Å². The zero-order valence-electron chi connectivity index (χ0n) is 6.10. The van der Waals surface area contributed by atoms with E-state index in [-0.39, 0.29) is 5.82 Å². The molecule has 1 aromatic rings. The molecule has 8 nitrogen and oxygen atoms in total. The van der Waals surface area contributed by atoms with Gasteiger partial charge in [-0.2, -0.15) is 8.42 Å². The Balaban J connectivity index is 2.61. The van der Waals surface area contributed by atoms with E-state index in [1.807, 2.05) is 0 Å². The van der Waals surface area contributed by atoms with Crippen LogP contribution >= 0.6 is 0 Å². The Hall–Kier alpha value is -1.61. The summed E-state index contributed by atoms with van der Waals surface area (Å²) in [6.45, 7) is 0. The summed E-state index contributed by atoms with van der Waals surface area (Å²) in [6, 6.07) is 0. The summed E-state index contributed by atoms with van der Waals surface area (Å²) < 4.78 is 31.5. The van der Waals surface area contributed by atoms with E-state index in [1.165, 1.54) is 18.6 Å². The van der Waals surface area contributed by atoms with Crippen molar-refractivity contribution >= 4 is 16.2 Å². The molecule has 0 atom stereocenters. The van der Waals surface area contributed by atoms with Crippen LogP contribution in [0.5, 0.6) is 0 Å². The average molecular weight is 204 g/mol. The topological polar surface area (TPSA) is 114 Å². The largest absolute Gasteiger partial charge is 0.467 e. The molecule has 1 heterocycles. The van der Waals surface area contributed by atoms with Crippen molar-refractivity contribution in [2.45, 2.75) is 0 Å². The molecule has 0 aliphatic rings. The molecule has 1 rings (SSSR count). The second-order valence-corrected chi connectivity index (χ2v) is 2.75. The first-order valence-corrected chi connectivity index (χ1v) is 4.27. The van der Waals surface area contributed by atoms with Crippen molar-refractivity contribution in [2.75, 3.05) is 0 Å². The molecule has 0 unspecified atom stereocenters. The maximum atomic E-state index is 9.97. The van der Waals surface area contributed by atoms with Gasteiger partial charge in [-0.1, -0.05) is 5.11 Å². The summed E-state index contributed by atoms with van der Waals surface area (Å²) in [6.07, 6.45) is 3.97. The van der Waals surface area contributed by atoms with E-state index in [0.717, 1.165) is 0 Å². The van der Waals surface area contributed by atoms with Crippen LogP contribution in [0.4, 0.5) is 5.82 Å². The van der Waals surface area contributed by atoms with Crippen molar-refractivity contribution in [3.8, 4) is 0 Å². The number of nitrogens with zero attached hydrogens (tertiary/aromatic N) is 4. The SMILES string of the molecule is O=S(=O)(O)ON=Nc1cnccn1. The summed E-state index contributed by atoms with van der Waals surface area (Å²) >= 11 is 0. The van der Waals surface area contributed by atoms with Crippen LogP contribution in [0.1, 0.15) is 0 Å². The van der Waals surface area contributed by atoms with Crippen molar-refractivity contribution in [1.29, 1.82) is 0 Å². The van der Waals surface area contributed by atoms with Gasteiger partial charge in [0, 0.05) is 17.7 Å². The Labute approximate surface area is 73.2 Å². The molecule has 0 aliphatic carbocycles. The molecule has 0 aliphatic heterocycles. The van der Waals surface area contributed by atoms with Crippen LogP contribution < -0.4 is 0 Å². The third-order valence-corrected chi connectivity index (χ3v) is 1.08. The molecule has 0 amide bonds. The van der Waals surface area contributed by atoms with Crippen molar-refractivity contribution < 1.29 is 17.3 Å². The molecule has 0 saturated carbocycles. The quantitative estimate of drug-likeness (QED) is 0.430. The molecule has 0 spiro atoms. The van der Waals surface area contributed by atoms with Gasteiger partial charge in [0.2, 0.25) is 0 Å². The minimum absolute atomic E-state index is 0.0613. The van der Waals surface area contributed by atoms with Crippen molar-refractivity contribution in [2.24, 2.45) is 10.4 Å². The number of hydrogen-bond acceptors (Lipinski definition) is 7. The Morgan fingerprint density at radius 2 is 2.23 bits per heavy atom. The molecule has 1 aromatic heterocycles. The smallest absolute Gasteiger partial charge is 0.259 e. The molecule has 0 fully saturated rings. The van der Waals surface area contributed by atoms with E-state index in [0.29, 0.717) is 0 Å². The lowest BCUT2D eigenvalue weighted by molar-refractivity contribution is 0.264. The van der Waals surface area contributed by atoms with Crippen LogP contribution in [-0.2, 0) is 14.7 Å². The Bertz CT molecular complexity index is 388. The highest BCUT2D eigenvalue weighted by Crippen LogP contribution is 2.03. The minimum atomic E-state index is -4.60. The lowest BCUT2D eigenvalue weighted by Gasteiger charge is -1.88. The molecule has 0 bridgehead atoms. The molecular weight excluding hydrogens is 200 g/mol. The van der Waals surface area contributed by atoms with E-state index in [1.54, 1.807) is 0 Å². The van der Waals surface area contributed by atoms with Gasteiger partial charge >= 0.3 is 10.4 Å². The van der Waals surface area contributed by atoms with Crippen LogP contribution in [-0.4, -0.2) is 22.9 Å². The molecule has 0 saturated heterocycles. The summed E-state index contributed by atoms with van der Waals surface area (Å²) in [5, 5.41) is 5.88. The van der Waals surface area contributed by atoms with Crippen molar-refractivity contribution in [3.63, 3.8) is 0 Å². The van der Waals surface area contributed by atoms with E-state index in [9.17, 15) is 8.42 Å². The molecule has 0 radical (unpaired) electrons. The molecule has 1 N–H and O–H groups in total. The number of aromatic nitrogens is 2. The zero-order valence-corrected chi connectivity index (χ0v) is 6.92. The van der Waals surface area contributed by atoms with E-state index < -0.39 is 10.4 Å². The fraction of sp³-hybridized carbons (Fsp3) is 0. The molecule has 70 valence electrons. The predicted octanol–water partition coefficient (Wildman–Crippen LogP) is 0.295. The average Bonchev–Trinajstić information content (AvgIpc) is 2.04. The van der Waals surface area contributed by atoms with E-state index in [2.05, 4.69) is 24.6 Å². The Kier molecular flexibility index (Phi) is 2.82. The maximum Gasteiger partial charge on any atom is 0.467 e. The highest BCUT2D eigenvalue weighted by molar-refractivity contribution is 7.80. The predicted molar refractivity (Wildman–Crippen MR) is 39.2 cm³/mol. The highest BCUT2D eigenvalue weighted by Gasteiger charge is 2.01. The molecule has 13 heavy (non-hydrogen) atoms. The minimum Gasteiger partial charge on any atom is -0.259 e. The van der Waals surface area contributed by atoms with Gasteiger partial charge in [0.05, 0.1) is 6.20 Å². The summed E-state index contributed by atoms with van der Waals surface area (Å²) in [7, 11) is -4.60. The summed E-state index contributed by atoms with van der Waals surface area (Å²) in [5.74, 6) is 0.0613.